The second-order valence-electron chi connectivity index (χ2n) is 6.11. The van der Waals surface area contributed by atoms with Crippen LogP contribution in [0.25, 0.3) is 0 Å². The molecule has 0 unspecified atom stereocenters. The van der Waals surface area contributed by atoms with Crippen molar-refractivity contribution in [1.82, 2.24) is 15.1 Å². The van der Waals surface area contributed by atoms with Crippen molar-refractivity contribution in [2.45, 2.75) is 33.4 Å². The molecule has 7 nitrogen and oxygen atoms in total. The third kappa shape index (κ3) is 4.54. The molecule has 0 saturated heterocycles. The van der Waals surface area contributed by atoms with Crippen LogP contribution in [0.4, 0.5) is 0 Å². The molecule has 7 heteroatoms. The Morgan fingerprint density at radius 3 is 2.88 bits per heavy atom. The van der Waals surface area contributed by atoms with Gasteiger partial charge in [0.15, 0.2) is 11.5 Å². The largest absolute Gasteiger partial charge is 0.490 e. The molecular formula is C19H25N3O4. The molecule has 2 heterocycles. The Morgan fingerprint density at radius 1 is 1.27 bits per heavy atom. The Hall–Kier alpha value is -2.54. The van der Waals surface area contributed by atoms with Gasteiger partial charge in [-0.25, -0.2) is 0 Å². The van der Waals surface area contributed by atoms with Crippen LogP contribution in [-0.4, -0.2) is 42.1 Å². The highest BCUT2D eigenvalue weighted by atomic mass is 16.5. The number of nitrogens with one attached hydrogen (secondary N) is 1. The SMILES string of the molecule is CCOCCn1nc(C)cc1C(=O)NCc1ccc2c(c1)OCCCO2. The molecule has 1 aliphatic heterocycles. The summed E-state index contributed by atoms with van der Waals surface area (Å²) in [5.74, 6) is 1.32. The number of fused-ring (bicyclic) bond motifs is 1. The van der Waals surface area contributed by atoms with Crippen LogP contribution in [0.3, 0.4) is 0 Å². The van der Waals surface area contributed by atoms with Crippen molar-refractivity contribution in [2.24, 2.45) is 0 Å². The molecule has 2 aromatic rings. The number of carbonyl (C=O) groups excluding carboxylic acids is 1. The van der Waals surface area contributed by atoms with Crippen molar-refractivity contribution < 1.29 is 19.0 Å². The van der Waals surface area contributed by atoms with Crippen LogP contribution >= 0.6 is 0 Å². The molecule has 0 bridgehead atoms. The summed E-state index contributed by atoms with van der Waals surface area (Å²) in [7, 11) is 0. The first kappa shape index (κ1) is 18.3. The van der Waals surface area contributed by atoms with Gasteiger partial charge in [-0.3, -0.25) is 9.48 Å². The lowest BCUT2D eigenvalue weighted by Gasteiger charge is -2.11. The van der Waals surface area contributed by atoms with E-state index in [0.29, 0.717) is 45.2 Å². The summed E-state index contributed by atoms with van der Waals surface area (Å²) < 4.78 is 18.4. The zero-order chi connectivity index (χ0) is 18.4. The quantitative estimate of drug-likeness (QED) is 0.768. The van der Waals surface area contributed by atoms with E-state index in [1.807, 2.05) is 32.0 Å². The van der Waals surface area contributed by atoms with E-state index >= 15 is 0 Å². The summed E-state index contributed by atoms with van der Waals surface area (Å²) in [6.07, 6.45) is 0.867. The van der Waals surface area contributed by atoms with Gasteiger partial charge in [0.1, 0.15) is 5.69 Å². The number of hydrogen-bond donors (Lipinski definition) is 1. The molecule has 0 saturated carbocycles. The average molecular weight is 359 g/mol. The van der Waals surface area contributed by atoms with Gasteiger partial charge in [-0.15, -0.1) is 0 Å². The number of hydrogen-bond acceptors (Lipinski definition) is 5. The van der Waals surface area contributed by atoms with E-state index in [4.69, 9.17) is 14.2 Å². The zero-order valence-electron chi connectivity index (χ0n) is 15.3. The molecule has 0 atom stereocenters. The molecule has 1 aliphatic rings. The fraction of sp³-hybridized carbons (Fsp3) is 0.474. The molecule has 0 fully saturated rings. The van der Waals surface area contributed by atoms with Gasteiger partial charge in [0.25, 0.3) is 5.91 Å². The Bertz CT molecular complexity index is 757. The fourth-order valence-electron chi connectivity index (χ4n) is 2.78. The maximum Gasteiger partial charge on any atom is 0.269 e. The van der Waals surface area contributed by atoms with Crippen LogP contribution in [-0.2, 0) is 17.8 Å². The first-order chi connectivity index (χ1) is 12.7. The molecule has 1 aromatic heterocycles. The van der Waals surface area contributed by atoms with Crippen LogP contribution in [0, 0.1) is 6.92 Å². The second kappa shape index (κ2) is 8.71. The van der Waals surface area contributed by atoms with Gasteiger partial charge < -0.3 is 19.5 Å². The van der Waals surface area contributed by atoms with E-state index in [1.54, 1.807) is 10.7 Å². The first-order valence-electron chi connectivity index (χ1n) is 8.96. The Morgan fingerprint density at radius 2 is 2.08 bits per heavy atom. The third-order valence-corrected chi connectivity index (χ3v) is 4.05. The summed E-state index contributed by atoms with van der Waals surface area (Å²) >= 11 is 0. The minimum absolute atomic E-state index is 0.158. The van der Waals surface area contributed by atoms with E-state index in [9.17, 15) is 4.79 Å². The number of benzene rings is 1. The molecule has 1 aromatic carbocycles. The monoisotopic (exact) mass is 359 g/mol. The first-order valence-corrected chi connectivity index (χ1v) is 8.96. The Labute approximate surface area is 153 Å². The topological polar surface area (TPSA) is 74.6 Å². The highest BCUT2D eigenvalue weighted by molar-refractivity contribution is 5.92. The maximum absolute atomic E-state index is 12.6. The average Bonchev–Trinajstić information content (AvgIpc) is 2.86. The smallest absolute Gasteiger partial charge is 0.269 e. The van der Waals surface area contributed by atoms with Gasteiger partial charge in [-0.05, 0) is 37.6 Å². The number of amides is 1. The minimum atomic E-state index is -0.158. The lowest BCUT2D eigenvalue weighted by molar-refractivity contribution is 0.0933. The molecule has 0 spiro atoms. The van der Waals surface area contributed by atoms with Gasteiger partial charge in [-0.1, -0.05) is 6.07 Å². The minimum Gasteiger partial charge on any atom is -0.490 e. The number of aromatic nitrogens is 2. The summed E-state index contributed by atoms with van der Waals surface area (Å²) in [6, 6.07) is 7.53. The number of ether oxygens (including phenoxy) is 3. The Kier molecular flexibility index (Phi) is 6.12. The highest BCUT2D eigenvalue weighted by Crippen LogP contribution is 2.30. The van der Waals surface area contributed by atoms with Crippen LogP contribution in [0.1, 0.15) is 35.1 Å². The van der Waals surface area contributed by atoms with Gasteiger partial charge in [-0.2, -0.15) is 5.10 Å². The van der Waals surface area contributed by atoms with Crippen LogP contribution in [0.15, 0.2) is 24.3 Å². The van der Waals surface area contributed by atoms with Crippen molar-refractivity contribution in [3.05, 3.63) is 41.2 Å². The second-order valence-corrected chi connectivity index (χ2v) is 6.11. The van der Waals surface area contributed by atoms with E-state index in [1.165, 1.54) is 0 Å². The molecule has 3 rings (SSSR count). The van der Waals surface area contributed by atoms with Crippen LogP contribution < -0.4 is 14.8 Å². The van der Waals surface area contributed by atoms with Crippen molar-refractivity contribution in [1.29, 1.82) is 0 Å². The van der Waals surface area contributed by atoms with Crippen LogP contribution in [0.5, 0.6) is 11.5 Å². The predicted octanol–water partition coefficient (Wildman–Crippen LogP) is 2.32. The third-order valence-electron chi connectivity index (χ3n) is 4.05. The molecule has 1 N–H and O–H groups in total. The zero-order valence-corrected chi connectivity index (χ0v) is 15.3. The number of rotatable bonds is 7. The van der Waals surface area contributed by atoms with E-state index in [2.05, 4.69) is 10.4 Å². The standard InChI is InChI=1S/C19H25N3O4/c1-3-24-10-7-22-16(11-14(2)21-22)19(23)20-13-15-5-6-17-18(12-15)26-9-4-8-25-17/h5-6,11-12H,3-4,7-10,13H2,1-2H3,(H,20,23). The Balaban J connectivity index is 1.63. The van der Waals surface area contributed by atoms with Crippen molar-refractivity contribution in [3.8, 4) is 11.5 Å². The molecule has 0 aliphatic carbocycles. The molecule has 1 amide bonds. The van der Waals surface area contributed by atoms with Crippen molar-refractivity contribution in [2.75, 3.05) is 26.4 Å². The lowest BCUT2D eigenvalue weighted by atomic mass is 10.2. The number of carbonyl (C=O) groups is 1. The van der Waals surface area contributed by atoms with E-state index in [0.717, 1.165) is 29.2 Å². The predicted molar refractivity (Wildman–Crippen MR) is 96.7 cm³/mol. The van der Waals surface area contributed by atoms with Crippen molar-refractivity contribution in [3.63, 3.8) is 0 Å². The molecular weight excluding hydrogens is 334 g/mol. The van der Waals surface area contributed by atoms with Gasteiger partial charge in [0.2, 0.25) is 0 Å². The van der Waals surface area contributed by atoms with E-state index in [-0.39, 0.29) is 5.91 Å². The van der Waals surface area contributed by atoms with Gasteiger partial charge in [0.05, 0.1) is 32.1 Å². The molecule has 140 valence electrons. The summed E-state index contributed by atoms with van der Waals surface area (Å²) in [5.41, 5.74) is 2.30. The highest BCUT2D eigenvalue weighted by Gasteiger charge is 2.15. The van der Waals surface area contributed by atoms with E-state index < -0.39 is 0 Å². The summed E-state index contributed by atoms with van der Waals surface area (Å²) in [5, 5.41) is 7.31. The summed E-state index contributed by atoms with van der Waals surface area (Å²) in [6.45, 7) is 7.25. The molecule has 26 heavy (non-hydrogen) atoms. The lowest BCUT2D eigenvalue weighted by Crippen LogP contribution is -2.26. The normalized spacial score (nSPS) is 13.3. The van der Waals surface area contributed by atoms with Gasteiger partial charge in [0, 0.05) is 19.6 Å². The number of aryl methyl sites for hydroxylation is 1. The summed E-state index contributed by atoms with van der Waals surface area (Å²) in [4.78, 5) is 12.6. The molecule has 0 radical (unpaired) electrons. The fourth-order valence-corrected chi connectivity index (χ4v) is 2.78. The number of nitrogens with zero attached hydrogens (tertiary/aromatic N) is 2. The van der Waals surface area contributed by atoms with Gasteiger partial charge >= 0.3 is 0 Å². The maximum atomic E-state index is 12.6. The van der Waals surface area contributed by atoms with Crippen molar-refractivity contribution >= 4 is 5.91 Å². The van der Waals surface area contributed by atoms with Crippen LogP contribution in [0.2, 0.25) is 0 Å².